The van der Waals surface area contributed by atoms with Crippen LogP contribution in [0.5, 0.6) is 0 Å². The molecule has 0 aromatic heterocycles. The maximum Gasteiger partial charge on any atom is 0.275 e. The number of halogens is 1. The zero-order valence-electron chi connectivity index (χ0n) is 10.9. The molecule has 1 aromatic rings. The average molecular weight is 284 g/mol. The predicted octanol–water partition coefficient (Wildman–Crippen LogP) is 2.42. The molecule has 1 heterocycles. The third kappa shape index (κ3) is 3.05. The molecular formula is C13H18ClN3O2. The van der Waals surface area contributed by atoms with E-state index < -0.39 is 0 Å². The monoisotopic (exact) mass is 283 g/mol. The van der Waals surface area contributed by atoms with Gasteiger partial charge in [-0.15, -0.1) is 0 Å². The first-order chi connectivity index (χ1) is 9.02. The molecule has 104 valence electrons. The summed E-state index contributed by atoms with van der Waals surface area (Å²) in [6.45, 7) is 4.16. The van der Waals surface area contributed by atoms with Crippen LogP contribution in [0.3, 0.4) is 0 Å². The highest BCUT2D eigenvalue weighted by atomic mass is 35.5. The van der Waals surface area contributed by atoms with Crippen LogP contribution in [0.2, 0.25) is 5.02 Å². The lowest BCUT2D eigenvalue weighted by Crippen LogP contribution is -2.27. The van der Waals surface area contributed by atoms with E-state index in [1.54, 1.807) is 12.1 Å². The van der Waals surface area contributed by atoms with Gasteiger partial charge in [0.05, 0.1) is 15.5 Å². The molecule has 1 saturated heterocycles. The molecule has 1 aliphatic heterocycles. The molecule has 2 rings (SSSR count). The summed E-state index contributed by atoms with van der Waals surface area (Å²) in [6.07, 6.45) is 1.04. The number of hydrogen-bond donors (Lipinski definition) is 1. The zero-order valence-corrected chi connectivity index (χ0v) is 11.6. The van der Waals surface area contributed by atoms with E-state index in [0.29, 0.717) is 35.6 Å². The summed E-state index contributed by atoms with van der Waals surface area (Å²) in [5.74, 6) is 0.469. The van der Waals surface area contributed by atoms with Crippen molar-refractivity contribution >= 4 is 17.3 Å². The Bertz CT molecular complexity index is 481. The highest BCUT2D eigenvalue weighted by Gasteiger charge is 2.30. The largest absolute Gasteiger partial charge is 0.330 e. The second-order valence-electron chi connectivity index (χ2n) is 5.11. The van der Waals surface area contributed by atoms with E-state index in [0.717, 1.165) is 13.0 Å². The molecule has 5 nitrogen and oxygen atoms in total. The first-order valence-corrected chi connectivity index (χ1v) is 6.76. The Kier molecular flexibility index (Phi) is 4.39. The van der Waals surface area contributed by atoms with E-state index in [1.165, 1.54) is 6.07 Å². The molecule has 1 aliphatic rings. The highest BCUT2D eigenvalue weighted by molar-refractivity contribution is 6.31. The van der Waals surface area contributed by atoms with Crippen molar-refractivity contribution in [3.8, 4) is 0 Å². The number of nitrogens with zero attached hydrogens (tertiary/aromatic N) is 2. The van der Waals surface area contributed by atoms with Crippen LogP contribution in [0.15, 0.2) is 18.2 Å². The minimum Gasteiger partial charge on any atom is -0.330 e. The first kappa shape index (κ1) is 14.2. The molecule has 1 aromatic carbocycles. The highest BCUT2D eigenvalue weighted by Crippen LogP contribution is 2.31. The number of likely N-dealkylation sites (tertiary alicyclic amines) is 1. The molecule has 2 atom stereocenters. The Balaban J connectivity index is 2.22. The van der Waals surface area contributed by atoms with Gasteiger partial charge in [0.25, 0.3) is 5.69 Å². The molecule has 1 fully saturated rings. The third-order valence-corrected chi connectivity index (χ3v) is 4.13. The number of rotatable bonds is 4. The number of hydrogen-bond acceptors (Lipinski definition) is 4. The van der Waals surface area contributed by atoms with Crippen LogP contribution in [0.1, 0.15) is 18.9 Å². The van der Waals surface area contributed by atoms with E-state index in [2.05, 4.69) is 11.8 Å². The molecule has 0 saturated carbocycles. The predicted molar refractivity (Wildman–Crippen MR) is 75.1 cm³/mol. The fourth-order valence-electron chi connectivity index (χ4n) is 2.69. The Morgan fingerprint density at radius 1 is 1.58 bits per heavy atom. The van der Waals surface area contributed by atoms with E-state index >= 15 is 0 Å². The maximum atomic E-state index is 11.1. The quantitative estimate of drug-likeness (QED) is 0.680. The summed E-state index contributed by atoms with van der Waals surface area (Å²) >= 11 is 6.11. The lowest BCUT2D eigenvalue weighted by Gasteiger charge is -2.21. The van der Waals surface area contributed by atoms with Gasteiger partial charge in [-0.05, 0) is 31.9 Å². The van der Waals surface area contributed by atoms with Gasteiger partial charge in [0.1, 0.15) is 0 Å². The van der Waals surface area contributed by atoms with Crippen molar-refractivity contribution in [2.24, 2.45) is 11.7 Å². The molecule has 0 aliphatic carbocycles. The van der Waals surface area contributed by atoms with Crippen LogP contribution in [0, 0.1) is 16.0 Å². The standard InChI is InChI=1S/C13H18ClN3O2/c1-9-5-10(6-15)7-16(9)8-11-12(14)3-2-4-13(11)17(18)19/h2-4,9-10H,5-8,15H2,1H3. The molecule has 2 unspecified atom stereocenters. The minimum atomic E-state index is -0.373. The summed E-state index contributed by atoms with van der Waals surface area (Å²) in [5, 5.41) is 11.5. The molecule has 19 heavy (non-hydrogen) atoms. The van der Waals surface area contributed by atoms with Crippen molar-refractivity contribution < 1.29 is 4.92 Å². The van der Waals surface area contributed by atoms with Crippen molar-refractivity contribution in [2.45, 2.75) is 25.9 Å². The van der Waals surface area contributed by atoms with Gasteiger partial charge in [-0.25, -0.2) is 0 Å². The third-order valence-electron chi connectivity index (χ3n) is 3.78. The van der Waals surface area contributed by atoms with Crippen molar-refractivity contribution in [1.29, 1.82) is 0 Å². The smallest absolute Gasteiger partial charge is 0.275 e. The molecule has 2 N–H and O–H groups in total. The van der Waals surface area contributed by atoms with Gasteiger partial charge in [0, 0.05) is 25.2 Å². The summed E-state index contributed by atoms with van der Waals surface area (Å²) < 4.78 is 0. The summed E-state index contributed by atoms with van der Waals surface area (Å²) in [5.41, 5.74) is 6.39. The van der Waals surface area contributed by atoms with Crippen molar-refractivity contribution in [2.75, 3.05) is 13.1 Å². The topological polar surface area (TPSA) is 72.4 Å². The summed E-state index contributed by atoms with van der Waals surface area (Å²) in [6, 6.07) is 5.19. The molecule has 0 spiro atoms. The molecule has 0 amide bonds. The lowest BCUT2D eigenvalue weighted by atomic mass is 10.1. The summed E-state index contributed by atoms with van der Waals surface area (Å²) in [4.78, 5) is 12.9. The van der Waals surface area contributed by atoms with Crippen LogP contribution in [-0.2, 0) is 6.54 Å². The van der Waals surface area contributed by atoms with E-state index in [9.17, 15) is 10.1 Å². The minimum absolute atomic E-state index is 0.0934. The van der Waals surface area contributed by atoms with Crippen LogP contribution >= 0.6 is 11.6 Å². The van der Waals surface area contributed by atoms with Crippen LogP contribution in [0.4, 0.5) is 5.69 Å². The van der Waals surface area contributed by atoms with Gasteiger partial charge in [-0.2, -0.15) is 0 Å². The van der Waals surface area contributed by atoms with Crippen LogP contribution < -0.4 is 5.73 Å². The fourth-order valence-corrected chi connectivity index (χ4v) is 2.92. The second-order valence-corrected chi connectivity index (χ2v) is 5.52. The number of nitro benzene ring substituents is 1. The van der Waals surface area contributed by atoms with Gasteiger partial charge in [0.15, 0.2) is 0 Å². The first-order valence-electron chi connectivity index (χ1n) is 6.38. The van der Waals surface area contributed by atoms with Gasteiger partial charge < -0.3 is 5.73 Å². The Morgan fingerprint density at radius 2 is 2.32 bits per heavy atom. The van der Waals surface area contributed by atoms with E-state index in [4.69, 9.17) is 17.3 Å². The maximum absolute atomic E-state index is 11.1. The normalized spacial score (nSPS) is 23.7. The average Bonchev–Trinajstić information content (AvgIpc) is 2.72. The van der Waals surface area contributed by atoms with Crippen LogP contribution in [0.25, 0.3) is 0 Å². The molecule has 0 bridgehead atoms. The Hall–Kier alpha value is -1.17. The molecule has 6 heteroatoms. The Morgan fingerprint density at radius 3 is 2.89 bits per heavy atom. The van der Waals surface area contributed by atoms with Gasteiger partial charge in [0.2, 0.25) is 0 Å². The fraction of sp³-hybridized carbons (Fsp3) is 0.538. The number of benzene rings is 1. The van der Waals surface area contributed by atoms with Gasteiger partial charge in [-0.1, -0.05) is 17.7 Å². The molecule has 0 radical (unpaired) electrons. The number of nitrogens with two attached hydrogens (primary N) is 1. The van der Waals surface area contributed by atoms with Crippen LogP contribution in [-0.4, -0.2) is 29.0 Å². The second kappa shape index (κ2) is 5.86. The van der Waals surface area contributed by atoms with Crippen molar-refractivity contribution in [1.82, 2.24) is 4.90 Å². The zero-order chi connectivity index (χ0) is 14.0. The van der Waals surface area contributed by atoms with Crippen molar-refractivity contribution in [3.05, 3.63) is 38.9 Å². The van der Waals surface area contributed by atoms with Crippen molar-refractivity contribution in [3.63, 3.8) is 0 Å². The van der Waals surface area contributed by atoms with E-state index in [-0.39, 0.29) is 10.6 Å². The van der Waals surface area contributed by atoms with Gasteiger partial charge >= 0.3 is 0 Å². The molecular weight excluding hydrogens is 266 g/mol. The number of nitro groups is 1. The van der Waals surface area contributed by atoms with E-state index in [1.807, 2.05) is 0 Å². The van der Waals surface area contributed by atoms with Gasteiger partial charge in [-0.3, -0.25) is 15.0 Å². The SMILES string of the molecule is CC1CC(CN)CN1Cc1c(Cl)cccc1[N+](=O)[O-]. The summed E-state index contributed by atoms with van der Waals surface area (Å²) in [7, 11) is 0. The lowest BCUT2D eigenvalue weighted by molar-refractivity contribution is -0.385. The Labute approximate surface area is 117 Å².